The lowest BCUT2D eigenvalue weighted by Gasteiger charge is -2.10. The van der Waals surface area contributed by atoms with E-state index in [0.29, 0.717) is 35.6 Å². The molecule has 2 aliphatic rings. The van der Waals surface area contributed by atoms with Crippen molar-refractivity contribution in [2.75, 3.05) is 18.9 Å². The SMILES string of the molecule is Cn1nc(-c2cc(Cl)c3c(c2)OCC2(CC2)CO3)cc1N. The highest BCUT2D eigenvalue weighted by atomic mass is 35.5. The number of aromatic nitrogens is 2. The van der Waals surface area contributed by atoms with Crippen molar-refractivity contribution in [2.45, 2.75) is 12.8 Å². The molecule has 1 aliphatic carbocycles. The van der Waals surface area contributed by atoms with Crippen LogP contribution in [0.15, 0.2) is 18.2 Å². The summed E-state index contributed by atoms with van der Waals surface area (Å²) in [5.74, 6) is 1.92. The number of halogens is 1. The Morgan fingerprint density at radius 2 is 2.00 bits per heavy atom. The number of benzene rings is 1. The summed E-state index contributed by atoms with van der Waals surface area (Å²) in [6, 6.07) is 5.58. The molecule has 0 bridgehead atoms. The number of anilines is 1. The number of ether oxygens (including phenoxy) is 2. The van der Waals surface area contributed by atoms with Crippen molar-refractivity contribution in [1.82, 2.24) is 9.78 Å². The van der Waals surface area contributed by atoms with Crippen LogP contribution in [0.1, 0.15) is 12.8 Å². The molecule has 2 aromatic rings. The van der Waals surface area contributed by atoms with Gasteiger partial charge in [0, 0.05) is 24.1 Å². The zero-order valence-electron chi connectivity index (χ0n) is 11.7. The summed E-state index contributed by atoms with van der Waals surface area (Å²) >= 11 is 6.36. The van der Waals surface area contributed by atoms with Gasteiger partial charge in [-0.3, -0.25) is 4.68 Å². The van der Waals surface area contributed by atoms with E-state index >= 15 is 0 Å². The van der Waals surface area contributed by atoms with Crippen molar-refractivity contribution in [1.29, 1.82) is 0 Å². The average Bonchev–Trinajstić information content (AvgIpc) is 3.19. The molecule has 1 fully saturated rings. The maximum absolute atomic E-state index is 6.36. The first-order valence-corrected chi connectivity index (χ1v) is 7.33. The lowest BCUT2D eigenvalue weighted by molar-refractivity contribution is 0.197. The van der Waals surface area contributed by atoms with Gasteiger partial charge in [0.1, 0.15) is 5.82 Å². The highest BCUT2D eigenvalue weighted by Crippen LogP contribution is 2.51. The Kier molecular flexibility index (Phi) is 2.63. The fourth-order valence-corrected chi connectivity index (χ4v) is 2.81. The molecule has 0 atom stereocenters. The highest BCUT2D eigenvalue weighted by Gasteiger charge is 2.46. The van der Waals surface area contributed by atoms with Gasteiger partial charge in [0.25, 0.3) is 0 Å². The van der Waals surface area contributed by atoms with Crippen LogP contribution in [-0.4, -0.2) is 23.0 Å². The molecule has 1 aromatic carbocycles. The number of nitrogen functional groups attached to an aromatic ring is 1. The van der Waals surface area contributed by atoms with E-state index in [2.05, 4.69) is 5.10 Å². The lowest BCUT2D eigenvalue weighted by Crippen LogP contribution is -2.17. The summed E-state index contributed by atoms with van der Waals surface area (Å²) in [4.78, 5) is 0. The smallest absolute Gasteiger partial charge is 0.179 e. The second kappa shape index (κ2) is 4.31. The van der Waals surface area contributed by atoms with Crippen molar-refractivity contribution >= 4 is 17.4 Å². The largest absolute Gasteiger partial charge is 0.489 e. The minimum absolute atomic E-state index is 0.192. The molecule has 5 nitrogen and oxygen atoms in total. The predicted molar refractivity (Wildman–Crippen MR) is 80.7 cm³/mol. The summed E-state index contributed by atoms with van der Waals surface area (Å²) in [6.45, 7) is 1.36. The third-order valence-electron chi connectivity index (χ3n) is 4.23. The minimum Gasteiger partial charge on any atom is -0.489 e. The summed E-state index contributed by atoms with van der Waals surface area (Å²) in [5, 5.41) is 4.92. The molecule has 1 aliphatic heterocycles. The molecule has 110 valence electrons. The molecule has 21 heavy (non-hydrogen) atoms. The number of nitrogens with two attached hydrogens (primary N) is 1. The van der Waals surface area contributed by atoms with E-state index in [4.69, 9.17) is 26.8 Å². The number of rotatable bonds is 1. The molecular formula is C15H16ClN3O2. The third kappa shape index (κ3) is 2.12. The van der Waals surface area contributed by atoms with Crippen LogP contribution in [0, 0.1) is 5.41 Å². The van der Waals surface area contributed by atoms with Gasteiger partial charge in [-0.25, -0.2) is 0 Å². The fraction of sp³-hybridized carbons (Fsp3) is 0.400. The molecule has 0 radical (unpaired) electrons. The second-order valence-electron chi connectivity index (χ2n) is 5.94. The molecule has 2 N–H and O–H groups in total. The van der Waals surface area contributed by atoms with E-state index < -0.39 is 0 Å². The fourth-order valence-electron chi connectivity index (χ4n) is 2.55. The normalized spacial score (nSPS) is 18.6. The van der Waals surface area contributed by atoms with Crippen molar-refractivity contribution < 1.29 is 9.47 Å². The van der Waals surface area contributed by atoms with Gasteiger partial charge in [0.2, 0.25) is 0 Å². The van der Waals surface area contributed by atoms with Gasteiger partial charge in [-0.15, -0.1) is 0 Å². The quantitative estimate of drug-likeness (QED) is 0.880. The maximum atomic E-state index is 6.36. The van der Waals surface area contributed by atoms with Gasteiger partial charge in [-0.05, 0) is 25.0 Å². The maximum Gasteiger partial charge on any atom is 0.179 e. The van der Waals surface area contributed by atoms with Gasteiger partial charge in [-0.2, -0.15) is 5.10 Å². The number of fused-ring (bicyclic) bond motifs is 1. The molecule has 1 aromatic heterocycles. The summed E-state index contributed by atoms with van der Waals surface area (Å²) < 4.78 is 13.4. The number of hydrogen-bond acceptors (Lipinski definition) is 4. The summed E-state index contributed by atoms with van der Waals surface area (Å²) in [7, 11) is 1.81. The third-order valence-corrected chi connectivity index (χ3v) is 4.52. The van der Waals surface area contributed by atoms with Crippen LogP contribution in [0.25, 0.3) is 11.3 Å². The molecule has 0 saturated heterocycles. The Labute approximate surface area is 127 Å². The van der Waals surface area contributed by atoms with Crippen LogP contribution in [0.2, 0.25) is 5.02 Å². The van der Waals surface area contributed by atoms with E-state index in [1.807, 2.05) is 18.2 Å². The average molecular weight is 306 g/mol. The topological polar surface area (TPSA) is 62.3 Å². The Morgan fingerprint density at radius 1 is 1.24 bits per heavy atom. The molecule has 2 heterocycles. The van der Waals surface area contributed by atoms with Crippen LogP contribution in [0.3, 0.4) is 0 Å². The van der Waals surface area contributed by atoms with Gasteiger partial charge in [0.15, 0.2) is 11.5 Å². The van der Waals surface area contributed by atoms with Crippen LogP contribution < -0.4 is 15.2 Å². The van der Waals surface area contributed by atoms with Gasteiger partial charge >= 0.3 is 0 Å². The molecule has 0 amide bonds. The van der Waals surface area contributed by atoms with E-state index in [-0.39, 0.29) is 5.41 Å². The number of aryl methyl sites for hydroxylation is 1. The monoisotopic (exact) mass is 305 g/mol. The Bertz CT molecular complexity index is 702. The van der Waals surface area contributed by atoms with Gasteiger partial charge in [0.05, 0.1) is 23.9 Å². The highest BCUT2D eigenvalue weighted by molar-refractivity contribution is 6.32. The Balaban J connectivity index is 1.75. The van der Waals surface area contributed by atoms with E-state index in [1.165, 1.54) is 0 Å². The van der Waals surface area contributed by atoms with E-state index in [0.717, 1.165) is 24.1 Å². The molecule has 4 rings (SSSR count). The molecule has 0 unspecified atom stereocenters. The molecule has 1 saturated carbocycles. The van der Waals surface area contributed by atoms with Crippen LogP contribution >= 0.6 is 11.6 Å². The second-order valence-corrected chi connectivity index (χ2v) is 6.35. The van der Waals surface area contributed by atoms with Gasteiger partial charge < -0.3 is 15.2 Å². The molecule has 6 heteroatoms. The number of hydrogen-bond donors (Lipinski definition) is 1. The van der Waals surface area contributed by atoms with Crippen LogP contribution in [-0.2, 0) is 7.05 Å². The Morgan fingerprint density at radius 3 is 2.67 bits per heavy atom. The van der Waals surface area contributed by atoms with Crippen LogP contribution in [0.4, 0.5) is 5.82 Å². The van der Waals surface area contributed by atoms with Crippen molar-refractivity contribution in [3.05, 3.63) is 23.2 Å². The van der Waals surface area contributed by atoms with Crippen LogP contribution in [0.5, 0.6) is 11.5 Å². The first-order chi connectivity index (χ1) is 10.1. The Hall–Kier alpha value is -1.88. The van der Waals surface area contributed by atoms with E-state index in [9.17, 15) is 0 Å². The van der Waals surface area contributed by atoms with Crippen molar-refractivity contribution in [2.24, 2.45) is 12.5 Å². The van der Waals surface area contributed by atoms with Crippen molar-refractivity contribution in [3.8, 4) is 22.8 Å². The zero-order chi connectivity index (χ0) is 14.6. The predicted octanol–water partition coefficient (Wildman–Crippen LogP) is 2.87. The summed E-state index contributed by atoms with van der Waals surface area (Å²) in [5.41, 5.74) is 7.67. The number of nitrogens with zero attached hydrogens (tertiary/aromatic N) is 2. The standard InChI is InChI=1S/C15H16ClN3O2/c1-19-13(17)6-11(18-19)9-4-10(16)14-12(5-9)20-7-15(2-3-15)8-21-14/h4-6H,2-3,7-8,17H2,1H3. The lowest BCUT2D eigenvalue weighted by atomic mass is 10.1. The van der Waals surface area contributed by atoms with E-state index in [1.54, 1.807) is 11.7 Å². The first-order valence-electron chi connectivity index (χ1n) is 6.95. The van der Waals surface area contributed by atoms with Gasteiger partial charge in [-0.1, -0.05) is 11.6 Å². The molecule has 1 spiro atoms. The first kappa shape index (κ1) is 12.8. The summed E-state index contributed by atoms with van der Waals surface area (Å²) in [6.07, 6.45) is 2.31. The zero-order valence-corrected chi connectivity index (χ0v) is 12.5. The minimum atomic E-state index is 0.192. The molecular weight excluding hydrogens is 290 g/mol. The van der Waals surface area contributed by atoms with Crippen molar-refractivity contribution in [3.63, 3.8) is 0 Å².